The maximum Gasteiger partial charge on any atom is 0.306 e. The fourth-order valence-corrected chi connectivity index (χ4v) is 3.81. The molecule has 2 fully saturated rings. The number of carboxylic acids is 1. The third-order valence-electron chi connectivity index (χ3n) is 4.98. The molecule has 1 aliphatic heterocycles. The van der Waals surface area contributed by atoms with Crippen molar-refractivity contribution in [1.82, 2.24) is 16.2 Å². The van der Waals surface area contributed by atoms with E-state index in [4.69, 9.17) is 16.7 Å². The Morgan fingerprint density at radius 3 is 2.54 bits per heavy atom. The van der Waals surface area contributed by atoms with Gasteiger partial charge in [0, 0.05) is 17.6 Å². The zero-order valence-corrected chi connectivity index (χ0v) is 14.1. The highest BCUT2D eigenvalue weighted by Gasteiger charge is 2.36. The molecule has 1 aromatic carbocycles. The molecule has 1 aromatic rings. The van der Waals surface area contributed by atoms with Crippen LogP contribution in [0.5, 0.6) is 0 Å². The first-order valence-corrected chi connectivity index (χ1v) is 8.70. The lowest BCUT2D eigenvalue weighted by molar-refractivity contribution is -0.142. The van der Waals surface area contributed by atoms with Gasteiger partial charge in [-0.1, -0.05) is 29.8 Å². The molecule has 1 heterocycles. The van der Waals surface area contributed by atoms with Gasteiger partial charge in [-0.3, -0.25) is 15.0 Å². The molecule has 3 rings (SSSR count). The zero-order chi connectivity index (χ0) is 17.1. The van der Waals surface area contributed by atoms with Crippen molar-refractivity contribution in [1.29, 1.82) is 0 Å². The van der Waals surface area contributed by atoms with Crippen molar-refractivity contribution < 1.29 is 14.7 Å². The third kappa shape index (κ3) is 3.71. The second kappa shape index (κ2) is 7.51. The van der Waals surface area contributed by atoms with Crippen molar-refractivity contribution in [3.05, 3.63) is 34.9 Å². The zero-order valence-electron chi connectivity index (χ0n) is 13.3. The standard InChI is InChI=1S/C17H22ClN3O3/c18-14-4-2-1-3-12(14)15-13(9-19-21-15)16(22)20-11-7-5-10(6-8-11)17(23)24/h1-4,10-11,13,15,19,21H,5-9H2,(H,20,22)(H,23,24). The van der Waals surface area contributed by atoms with Gasteiger partial charge in [-0.25, -0.2) is 5.43 Å². The van der Waals surface area contributed by atoms with Crippen LogP contribution in [0, 0.1) is 11.8 Å². The maximum absolute atomic E-state index is 12.7. The van der Waals surface area contributed by atoms with Crippen LogP contribution >= 0.6 is 11.6 Å². The molecule has 0 radical (unpaired) electrons. The monoisotopic (exact) mass is 351 g/mol. The van der Waals surface area contributed by atoms with E-state index in [-0.39, 0.29) is 29.8 Å². The molecule has 1 saturated heterocycles. The first-order chi connectivity index (χ1) is 11.6. The SMILES string of the molecule is O=C(O)C1CCC(NC(=O)C2CNNC2c2ccccc2Cl)CC1. The van der Waals surface area contributed by atoms with Crippen LogP contribution in [0.15, 0.2) is 24.3 Å². The number of benzene rings is 1. The summed E-state index contributed by atoms with van der Waals surface area (Å²) in [6, 6.07) is 7.40. The molecule has 1 saturated carbocycles. The molecule has 1 aliphatic carbocycles. The molecular weight excluding hydrogens is 330 g/mol. The lowest BCUT2D eigenvalue weighted by Gasteiger charge is -2.28. The Kier molecular flexibility index (Phi) is 5.38. The van der Waals surface area contributed by atoms with E-state index < -0.39 is 5.97 Å². The van der Waals surface area contributed by atoms with Crippen molar-refractivity contribution in [2.24, 2.45) is 11.8 Å². The van der Waals surface area contributed by atoms with Crippen LogP contribution in [-0.4, -0.2) is 29.6 Å². The Labute approximate surface area is 145 Å². The van der Waals surface area contributed by atoms with E-state index in [1.807, 2.05) is 24.3 Å². The van der Waals surface area contributed by atoms with E-state index in [1.165, 1.54) is 0 Å². The average Bonchev–Trinajstić information content (AvgIpc) is 3.05. The Morgan fingerprint density at radius 1 is 1.17 bits per heavy atom. The van der Waals surface area contributed by atoms with Gasteiger partial charge in [0.1, 0.15) is 0 Å². The highest BCUT2D eigenvalue weighted by atomic mass is 35.5. The first-order valence-electron chi connectivity index (χ1n) is 8.32. The number of hydrogen-bond acceptors (Lipinski definition) is 4. The quantitative estimate of drug-likeness (QED) is 0.665. The molecule has 24 heavy (non-hydrogen) atoms. The second-order valence-electron chi connectivity index (χ2n) is 6.53. The molecule has 2 aliphatic rings. The molecule has 7 heteroatoms. The van der Waals surface area contributed by atoms with Crippen molar-refractivity contribution in [3.8, 4) is 0 Å². The van der Waals surface area contributed by atoms with Crippen molar-refractivity contribution >= 4 is 23.5 Å². The predicted octanol–water partition coefficient (Wildman–Crippen LogP) is 1.86. The van der Waals surface area contributed by atoms with Gasteiger partial charge in [-0.2, -0.15) is 0 Å². The fourth-order valence-electron chi connectivity index (χ4n) is 3.56. The smallest absolute Gasteiger partial charge is 0.306 e. The van der Waals surface area contributed by atoms with Gasteiger partial charge in [0.25, 0.3) is 0 Å². The van der Waals surface area contributed by atoms with Gasteiger partial charge < -0.3 is 10.4 Å². The molecule has 130 valence electrons. The number of halogens is 1. The van der Waals surface area contributed by atoms with Crippen molar-refractivity contribution in [3.63, 3.8) is 0 Å². The normalized spacial score (nSPS) is 30.0. The van der Waals surface area contributed by atoms with Crippen LogP contribution in [0.1, 0.15) is 37.3 Å². The summed E-state index contributed by atoms with van der Waals surface area (Å²) in [6.07, 6.45) is 2.67. The summed E-state index contributed by atoms with van der Waals surface area (Å²) in [5, 5.41) is 12.8. The summed E-state index contributed by atoms with van der Waals surface area (Å²) in [4.78, 5) is 23.7. The number of hydrogen-bond donors (Lipinski definition) is 4. The van der Waals surface area contributed by atoms with Crippen molar-refractivity contribution in [2.45, 2.75) is 37.8 Å². The van der Waals surface area contributed by atoms with E-state index in [1.54, 1.807) is 0 Å². The van der Waals surface area contributed by atoms with Gasteiger partial charge in [0.05, 0.1) is 17.9 Å². The van der Waals surface area contributed by atoms with Gasteiger partial charge in [-0.05, 0) is 37.3 Å². The number of nitrogens with one attached hydrogen (secondary N) is 3. The fraction of sp³-hybridized carbons (Fsp3) is 0.529. The Morgan fingerprint density at radius 2 is 1.88 bits per heavy atom. The predicted molar refractivity (Wildman–Crippen MR) is 90.3 cm³/mol. The molecule has 0 aromatic heterocycles. The summed E-state index contributed by atoms with van der Waals surface area (Å²) in [7, 11) is 0. The Hall–Kier alpha value is -1.63. The minimum Gasteiger partial charge on any atom is -0.481 e. The Bertz CT molecular complexity index is 617. The van der Waals surface area contributed by atoms with E-state index in [9.17, 15) is 9.59 Å². The molecule has 1 amide bonds. The topological polar surface area (TPSA) is 90.5 Å². The van der Waals surface area contributed by atoms with Gasteiger partial charge in [0.2, 0.25) is 5.91 Å². The molecule has 6 nitrogen and oxygen atoms in total. The summed E-state index contributed by atoms with van der Waals surface area (Å²) < 4.78 is 0. The molecule has 0 bridgehead atoms. The minimum absolute atomic E-state index is 0.0174. The van der Waals surface area contributed by atoms with Crippen LogP contribution in [0.4, 0.5) is 0 Å². The number of amides is 1. The van der Waals surface area contributed by atoms with Crippen LogP contribution in [0.25, 0.3) is 0 Å². The number of rotatable bonds is 4. The van der Waals surface area contributed by atoms with Gasteiger partial charge in [0.15, 0.2) is 0 Å². The summed E-state index contributed by atoms with van der Waals surface area (Å²) >= 11 is 6.26. The number of aliphatic carboxylic acids is 1. The second-order valence-corrected chi connectivity index (χ2v) is 6.93. The number of carbonyl (C=O) groups excluding carboxylic acids is 1. The highest BCUT2D eigenvalue weighted by Crippen LogP contribution is 2.31. The molecule has 2 atom stereocenters. The van der Waals surface area contributed by atoms with E-state index in [0.29, 0.717) is 37.3 Å². The minimum atomic E-state index is -0.734. The van der Waals surface area contributed by atoms with Crippen LogP contribution in [-0.2, 0) is 9.59 Å². The lowest BCUT2D eigenvalue weighted by atomic mass is 9.85. The summed E-state index contributed by atoms with van der Waals surface area (Å²) in [5.41, 5.74) is 7.07. The first kappa shape index (κ1) is 17.2. The maximum atomic E-state index is 12.7. The van der Waals surface area contributed by atoms with Gasteiger partial charge in [-0.15, -0.1) is 0 Å². The van der Waals surface area contributed by atoms with E-state index in [2.05, 4.69) is 16.2 Å². The molecule has 2 unspecified atom stereocenters. The van der Waals surface area contributed by atoms with Gasteiger partial charge >= 0.3 is 5.97 Å². The number of hydrazine groups is 1. The van der Waals surface area contributed by atoms with Crippen molar-refractivity contribution in [2.75, 3.05) is 6.54 Å². The number of carbonyl (C=O) groups is 2. The largest absolute Gasteiger partial charge is 0.481 e. The molecule has 0 spiro atoms. The van der Waals surface area contributed by atoms with Crippen LogP contribution in [0.2, 0.25) is 5.02 Å². The Balaban J connectivity index is 1.61. The summed E-state index contributed by atoms with van der Waals surface area (Å²) in [6.45, 7) is 0.534. The highest BCUT2D eigenvalue weighted by molar-refractivity contribution is 6.31. The number of carboxylic acid groups (broad SMARTS) is 1. The lowest BCUT2D eigenvalue weighted by Crippen LogP contribution is -2.43. The van der Waals surface area contributed by atoms with E-state index >= 15 is 0 Å². The molecule has 4 N–H and O–H groups in total. The van der Waals surface area contributed by atoms with E-state index in [0.717, 1.165) is 5.56 Å². The van der Waals surface area contributed by atoms with Crippen LogP contribution < -0.4 is 16.2 Å². The molecular formula is C17H22ClN3O3. The summed E-state index contributed by atoms with van der Waals surface area (Å²) in [5.74, 6) is -1.27. The van der Waals surface area contributed by atoms with Crippen LogP contribution in [0.3, 0.4) is 0 Å². The average molecular weight is 352 g/mol. The third-order valence-corrected chi connectivity index (χ3v) is 5.33.